The van der Waals surface area contributed by atoms with Gasteiger partial charge in [-0.15, -0.1) is 10.2 Å². The number of carbonyl (C=O) groups is 2. The Morgan fingerprint density at radius 3 is 2.75 bits per heavy atom. The molecular formula is C16H27N5O3. The van der Waals surface area contributed by atoms with Crippen LogP contribution in [0.5, 0.6) is 0 Å². The largest absolute Gasteiger partial charge is 0.372 e. The van der Waals surface area contributed by atoms with Gasteiger partial charge in [-0.05, 0) is 19.3 Å². The van der Waals surface area contributed by atoms with Crippen molar-refractivity contribution in [2.75, 3.05) is 20.2 Å². The molecule has 1 fully saturated rings. The van der Waals surface area contributed by atoms with E-state index in [1.54, 1.807) is 4.90 Å². The molecule has 1 aliphatic rings. The molecule has 2 rings (SSSR count). The van der Waals surface area contributed by atoms with Crippen molar-refractivity contribution in [1.82, 2.24) is 25.0 Å². The molecule has 2 amide bonds. The second-order valence-corrected chi connectivity index (χ2v) is 6.44. The summed E-state index contributed by atoms with van der Waals surface area (Å²) in [5, 5.41) is 11.1. The molecule has 0 radical (unpaired) electrons. The van der Waals surface area contributed by atoms with Crippen LogP contribution in [0.3, 0.4) is 0 Å². The lowest BCUT2D eigenvalue weighted by atomic mass is 10.2. The molecule has 24 heavy (non-hydrogen) atoms. The van der Waals surface area contributed by atoms with Gasteiger partial charge >= 0.3 is 0 Å². The van der Waals surface area contributed by atoms with Gasteiger partial charge in [0.15, 0.2) is 5.82 Å². The zero-order valence-corrected chi connectivity index (χ0v) is 14.9. The van der Waals surface area contributed by atoms with E-state index in [-0.39, 0.29) is 24.3 Å². The molecule has 0 spiro atoms. The van der Waals surface area contributed by atoms with Crippen molar-refractivity contribution in [2.24, 2.45) is 7.05 Å². The Kier molecular flexibility index (Phi) is 6.30. The third kappa shape index (κ3) is 4.31. The van der Waals surface area contributed by atoms with E-state index in [1.165, 1.54) is 7.11 Å². The molecule has 1 atom stereocenters. The Hall–Kier alpha value is -1.96. The summed E-state index contributed by atoms with van der Waals surface area (Å²) in [5.41, 5.74) is 0. The predicted octanol–water partition coefficient (Wildman–Crippen LogP) is 0.582. The maximum atomic E-state index is 12.3. The highest BCUT2D eigenvalue weighted by molar-refractivity contribution is 5.87. The first kappa shape index (κ1) is 18.4. The minimum Gasteiger partial charge on any atom is -0.372 e. The third-order valence-corrected chi connectivity index (χ3v) is 4.31. The Morgan fingerprint density at radius 1 is 1.38 bits per heavy atom. The number of rotatable bonds is 6. The summed E-state index contributed by atoms with van der Waals surface area (Å²) in [6.45, 7) is 5.03. The molecule has 1 aromatic heterocycles. The van der Waals surface area contributed by atoms with Gasteiger partial charge in [-0.3, -0.25) is 9.59 Å². The van der Waals surface area contributed by atoms with E-state index in [9.17, 15) is 9.59 Å². The van der Waals surface area contributed by atoms with Crippen LogP contribution >= 0.6 is 0 Å². The monoisotopic (exact) mass is 337 g/mol. The molecule has 0 aliphatic carbocycles. The van der Waals surface area contributed by atoms with Crippen molar-refractivity contribution in [3.63, 3.8) is 0 Å². The third-order valence-electron chi connectivity index (χ3n) is 4.31. The Labute approximate surface area is 142 Å². The molecule has 0 bridgehead atoms. The predicted molar refractivity (Wildman–Crippen MR) is 88.2 cm³/mol. The number of amides is 2. The summed E-state index contributed by atoms with van der Waals surface area (Å²) >= 11 is 0. The summed E-state index contributed by atoms with van der Waals surface area (Å²) in [6.07, 6.45) is 2.09. The fourth-order valence-corrected chi connectivity index (χ4v) is 2.88. The molecule has 8 nitrogen and oxygen atoms in total. The molecular weight excluding hydrogens is 310 g/mol. The minimum absolute atomic E-state index is 0.0492. The fraction of sp³-hybridized carbons (Fsp3) is 0.750. The van der Waals surface area contributed by atoms with Crippen molar-refractivity contribution >= 4 is 11.8 Å². The standard InChI is InChI=1S/C16H27N5O3/c1-11(2)15-19-18-13(20(15)3)9-17-14(22)10-21-8-6-5-7-12(24-4)16(21)23/h11-12H,5-10H2,1-4H3,(H,17,22). The topological polar surface area (TPSA) is 89.3 Å². The van der Waals surface area contributed by atoms with Crippen molar-refractivity contribution in [3.05, 3.63) is 11.6 Å². The summed E-state index contributed by atoms with van der Waals surface area (Å²) in [7, 11) is 3.42. The van der Waals surface area contributed by atoms with Crippen LogP contribution in [0.15, 0.2) is 0 Å². The van der Waals surface area contributed by atoms with Crippen LogP contribution in [0.1, 0.15) is 50.7 Å². The molecule has 8 heteroatoms. The quantitative estimate of drug-likeness (QED) is 0.820. The lowest BCUT2D eigenvalue weighted by Crippen LogP contribution is -2.44. The average Bonchev–Trinajstić information content (AvgIpc) is 2.82. The minimum atomic E-state index is -0.437. The van der Waals surface area contributed by atoms with Crippen LogP contribution < -0.4 is 5.32 Å². The molecule has 0 aromatic carbocycles. The van der Waals surface area contributed by atoms with E-state index in [1.807, 2.05) is 25.5 Å². The van der Waals surface area contributed by atoms with Gasteiger partial charge in [-0.1, -0.05) is 13.8 Å². The second-order valence-electron chi connectivity index (χ2n) is 6.44. The van der Waals surface area contributed by atoms with E-state index in [0.717, 1.165) is 18.7 Å². The van der Waals surface area contributed by atoms with Gasteiger partial charge in [0.2, 0.25) is 5.91 Å². The number of likely N-dealkylation sites (tertiary alicyclic amines) is 1. The molecule has 0 saturated carbocycles. The summed E-state index contributed by atoms with van der Waals surface area (Å²) in [6, 6.07) is 0. The molecule has 1 saturated heterocycles. The van der Waals surface area contributed by atoms with Gasteiger partial charge < -0.3 is 19.5 Å². The van der Waals surface area contributed by atoms with Crippen molar-refractivity contribution in [1.29, 1.82) is 0 Å². The molecule has 1 N–H and O–H groups in total. The smallest absolute Gasteiger partial charge is 0.252 e. The number of ether oxygens (including phenoxy) is 1. The zero-order chi connectivity index (χ0) is 17.7. The maximum Gasteiger partial charge on any atom is 0.252 e. The van der Waals surface area contributed by atoms with Crippen molar-refractivity contribution < 1.29 is 14.3 Å². The number of hydrogen-bond donors (Lipinski definition) is 1. The Balaban J connectivity index is 1.90. The molecule has 1 aromatic rings. The molecule has 1 unspecified atom stereocenters. The average molecular weight is 337 g/mol. The highest BCUT2D eigenvalue weighted by Crippen LogP contribution is 2.14. The van der Waals surface area contributed by atoms with Gasteiger partial charge in [0, 0.05) is 26.6 Å². The fourth-order valence-electron chi connectivity index (χ4n) is 2.88. The van der Waals surface area contributed by atoms with E-state index < -0.39 is 6.10 Å². The lowest BCUT2D eigenvalue weighted by Gasteiger charge is -2.23. The van der Waals surface area contributed by atoms with Gasteiger partial charge in [0.25, 0.3) is 5.91 Å². The number of nitrogens with one attached hydrogen (secondary N) is 1. The van der Waals surface area contributed by atoms with Gasteiger partial charge in [0.05, 0.1) is 13.1 Å². The van der Waals surface area contributed by atoms with Crippen molar-refractivity contribution in [2.45, 2.75) is 51.7 Å². The van der Waals surface area contributed by atoms with Crippen LogP contribution in [-0.4, -0.2) is 57.8 Å². The first-order valence-corrected chi connectivity index (χ1v) is 8.40. The highest BCUT2D eigenvalue weighted by atomic mass is 16.5. The normalized spacial score (nSPS) is 18.8. The Morgan fingerprint density at radius 2 is 2.12 bits per heavy atom. The van der Waals surface area contributed by atoms with Crippen molar-refractivity contribution in [3.8, 4) is 0 Å². The number of nitrogens with zero attached hydrogens (tertiary/aromatic N) is 4. The molecule has 1 aliphatic heterocycles. The molecule has 134 valence electrons. The van der Waals surface area contributed by atoms with Gasteiger partial charge in [-0.25, -0.2) is 0 Å². The van der Waals surface area contributed by atoms with Gasteiger partial charge in [0.1, 0.15) is 11.9 Å². The van der Waals surface area contributed by atoms with Crippen LogP contribution in [-0.2, 0) is 27.9 Å². The van der Waals surface area contributed by atoms with E-state index in [0.29, 0.717) is 25.3 Å². The number of carbonyl (C=O) groups excluding carboxylic acids is 2. The van der Waals surface area contributed by atoms with E-state index in [4.69, 9.17) is 4.74 Å². The van der Waals surface area contributed by atoms with Crippen LogP contribution in [0.4, 0.5) is 0 Å². The van der Waals surface area contributed by atoms with Crippen LogP contribution in [0.25, 0.3) is 0 Å². The molecule has 2 heterocycles. The van der Waals surface area contributed by atoms with Crippen LogP contribution in [0, 0.1) is 0 Å². The first-order valence-electron chi connectivity index (χ1n) is 8.40. The maximum absolute atomic E-state index is 12.3. The lowest BCUT2D eigenvalue weighted by molar-refractivity contribution is -0.144. The highest BCUT2D eigenvalue weighted by Gasteiger charge is 2.28. The summed E-state index contributed by atoms with van der Waals surface area (Å²) in [5.74, 6) is 1.54. The first-order chi connectivity index (χ1) is 11.4. The van der Waals surface area contributed by atoms with Crippen LogP contribution in [0.2, 0.25) is 0 Å². The number of hydrogen-bond acceptors (Lipinski definition) is 5. The zero-order valence-electron chi connectivity index (χ0n) is 14.9. The second kappa shape index (κ2) is 8.23. The number of methoxy groups -OCH3 is 1. The SMILES string of the molecule is COC1CCCCN(CC(=O)NCc2nnc(C(C)C)n2C)C1=O. The van der Waals surface area contributed by atoms with Gasteiger partial charge in [-0.2, -0.15) is 0 Å². The Bertz CT molecular complexity index is 584. The summed E-state index contributed by atoms with van der Waals surface area (Å²) < 4.78 is 7.11. The van der Waals surface area contributed by atoms with E-state index in [2.05, 4.69) is 15.5 Å². The summed E-state index contributed by atoms with van der Waals surface area (Å²) in [4.78, 5) is 26.1. The van der Waals surface area contributed by atoms with E-state index >= 15 is 0 Å². The number of aromatic nitrogens is 3.